The number of amides is 2. The van der Waals surface area contributed by atoms with Gasteiger partial charge in [-0.25, -0.2) is 4.39 Å². The number of carbonyl (C=O) groups is 2. The zero-order valence-electron chi connectivity index (χ0n) is 19.6. The Morgan fingerprint density at radius 2 is 1.85 bits per heavy atom. The normalized spacial score (nSPS) is 14.2. The van der Waals surface area contributed by atoms with Gasteiger partial charge in [0, 0.05) is 25.1 Å². The second-order valence-corrected chi connectivity index (χ2v) is 9.10. The molecule has 0 bridgehead atoms. The average Bonchev–Trinajstić information content (AvgIpc) is 3.06. The predicted octanol–water partition coefficient (Wildman–Crippen LogP) is 4.65. The van der Waals surface area contributed by atoms with Gasteiger partial charge in [0.1, 0.15) is 17.7 Å². The number of anilines is 1. The van der Waals surface area contributed by atoms with Crippen LogP contribution in [-0.2, 0) is 22.6 Å². The molecule has 7 nitrogen and oxygen atoms in total. The van der Waals surface area contributed by atoms with Crippen molar-refractivity contribution in [1.82, 2.24) is 20.1 Å². The fourth-order valence-electron chi connectivity index (χ4n) is 4.21. The predicted molar refractivity (Wildman–Crippen MR) is 128 cm³/mol. The van der Waals surface area contributed by atoms with Crippen LogP contribution < -0.4 is 10.6 Å². The molecule has 2 aromatic carbocycles. The number of aromatic nitrogens is 3. The summed E-state index contributed by atoms with van der Waals surface area (Å²) < 4.78 is 16.8. The molecule has 0 aliphatic carbocycles. The number of nitrogens with one attached hydrogen (secondary N) is 2. The molecule has 1 aliphatic heterocycles. The lowest BCUT2D eigenvalue weighted by Gasteiger charge is -2.20. The van der Waals surface area contributed by atoms with Crippen LogP contribution in [0.3, 0.4) is 0 Å². The van der Waals surface area contributed by atoms with Gasteiger partial charge in [-0.1, -0.05) is 50.6 Å². The Bertz CT molecular complexity index is 1160. The number of carbonyl (C=O) groups excluding carboxylic acids is 2. The summed E-state index contributed by atoms with van der Waals surface area (Å²) >= 11 is 0. The van der Waals surface area contributed by atoms with Crippen molar-refractivity contribution < 1.29 is 14.0 Å². The Morgan fingerprint density at radius 3 is 2.62 bits per heavy atom. The third-order valence-electron chi connectivity index (χ3n) is 5.88. The fraction of sp³-hybridized carbons (Fsp3) is 0.385. The van der Waals surface area contributed by atoms with Crippen LogP contribution in [0.2, 0.25) is 0 Å². The molecule has 1 aliphatic rings. The number of halogens is 1. The van der Waals surface area contributed by atoms with E-state index in [1.165, 1.54) is 12.1 Å². The van der Waals surface area contributed by atoms with E-state index in [0.717, 1.165) is 38.1 Å². The molecule has 8 heteroatoms. The van der Waals surface area contributed by atoms with Crippen molar-refractivity contribution in [2.24, 2.45) is 5.92 Å². The van der Waals surface area contributed by atoms with E-state index < -0.39 is 17.8 Å². The van der Waals surface area contributed by atoms with Gasteiger partial charge in [-0.3, -0.25) is 9.59 Å². The minimum absolute atomic E-state index is 0.164. The second kappa shape index (κ2) is 10.6. The summed E-state index contributed by atoms with van der Waals surface area (Å²) in [5.74, 6) is 0.458. The van der Waals surface area contributed by atoms with Crippen LogP contribution in [0.4, 0.5) is 10.1 Å². The van der Waals surface area contributed by atoms with Crippen molar-refractivity contribution in [3.63, 3.8) is 0 Å². The van der Waals surface area contributed by atoms with Crippen LogP contribution >= 0.6 is 0 Å². The van der Waals surface area contributed by atoms with Crippen LogP contribution in [0, 0.1) is 11.7 Å². The van der Waals surface area contributed by atoms with Crippen LogP contribution in [-0.4, -0.2) is 26.6 Å². The largest absolute Gasteiger partial charge is 0.341 e. The minimum atomic E-state index is -0.870. The summed E-state index contributed by atoms with van der Waals surface area (Å²) in [6, 6.07) is 12.6. The summed E-state index contributed by atoms with van der Waals surface area (Å²) in [6.07, 6.45) is 4.27. The van der Waals surface area contributed by atoms with Gasteiger partial charge < -0.3 is 15.2 Å². The molecule has 2 amide bonds. The lowest BCUT2D eigenvalue weighted by molar-refractivity contribution is -0.127. The molecular weight excluding hydrogens is 433 g/mol. The van der Waals surface area contributed by atoms with E-state index in [-0.39, 0.29) is 11.8 Å². The summed E-state index contributed by atoms with van der Waals surface area (Å²) in [7, 11) is 0. The van der Waals surface area contributed by atoms with Gasteiger partial charge in [0.2, 0.25) is 5.91 Å². The number of aryl methyl sites for hydroxylation is 1. The Balaban J connectivity index is 1.59. The standard InChI is InChI=1S/C26H30FN5O2/c1-17(2)15-23(33)29-24(18-9-5-3-6-10-18)26(34)28-19-12-13-21(27)20(16-19)25-31-30-22-11-7-4-8-14-32(22)25/h3,5-6,9-10,12-13,16-17,24H,4,7-8,11,14-15H2,1-2H3,(H,28,34)(H,29,33). The number of fused-ring (bicyclic) bond motifs is 1. The van der Waals surface area contributed by atoms with E-state index in [1.54, 1.807) is 18.2 Å². The third kappa shape index (κ3) is 5.50. The van der Waals surface area contributed by atoms with Crippen molar-refractivity contribution in [2.75, 3.05) is 5.32 Å². The van der Waals surface area contributed by atoms with Gasteiger partial charge in [0.25, 0.3) is 5.91 Å². The Hall–Kier alpha value is -3.55. The summed E-state index contributed by atoms with van der Waals surface area (Å²) in [5, 5.41) is 14.2. The third-order valence-corrected chi connectivity index (χ3v) is 5.88. The first-order valence-corrected chi connectivity index (χ1v) is 11.8. The summed E-state index contributed by atoms with van der Waals surface area (Å²) in [4.78, 5) is 25.7. The number of nitrogens with zero attached hydrogens (tertiary/aromatic N) is 3. The highest BCUT2D eigenvalue weighted by molar-refractivity contribution is 5.98. The first kappa shape index (κ1) is 23.6. The molecular formula is C26H30FN5O2. The van der Waals surface area contributed by atoms with E-state index in [9.17, 15) is 14.0 Å². The Morgan fingerprint density at radius 1 is 1.06 bits per heavy atom. The number of rotatable bonds is 7. The monoisotopic (exact) mass is 463 g/mol. The van der Waals surface area contributed by atoms with Crippen LogP contribution in [0.15, 0.2) is 48.5 Å². The fourth-order valence-corrected chi connectivity index (χ4v) is 4.21. The zero-order valence-corrected chi connectivity index (χ0v) is 19.6. The summed E-state index contributed by atoms with van der Waals surface area (Å²) in [5.41, 5.74) is 1.38. The first-order chi connectivity index (χ1) is 16.4. The van der Waals surface area contributed by atoms with Crippen LogP contribution in [0.1, 0.15) is 57.0 Å². The highest BCUT2D eigenvalue weighted by Gasteiger charge is 2.24. The molecule has 1 unspecified atom stereocenters. The molecule has 0 spiro atoms. The maximum absolute atomic E-state index is 14.8. The molecule has 3 aromatic rings. The van der Waals surface area contributed by atoms with Gasteiger partial charge >= 0.3 is 0 Å². The SMILES string of the molecule is CC(C)CC(=O)NC(C(=O)Nc1ccc(F)c(-c2nnc3n2CCCCC3)c1)c1ccccc1. The first-order valence-electron chi connectivity index (χ1n) is 11.8. The smallest absolute Gasteiger partial charge is 0.251 e. The van der Waals surface area contributed by atoms with Crippen molar-refractivity contribution in [3.05, 3.63) is 65.7 Å². The van der Waals surface area contributed by atoms with Crippen molar-refractivity contribution in [2.45, 2.75) is 58.5 Å². The number of benzene rings is 2. The number of hydrogen-bond acceptors (Lipinski definition) is 4. The highest BCUT2D eigenvalue weighted by Crippen LogP contribution is 2.28. The molecule has 0 saturated carbocycles. The number of hydrogen-bond donors (Lipinski definition) is 2. The quantitative estimate of drug-likeness (QED) is 0.534. The molecule has 1 atom stereocenters. The summed E-state index contributed by atoms with van der Waals surface area (Å²) in [6.45, 7) is 4.64. The highest BCUT2D eigenvalue weighted by atomic mass is 19.1. The molecule has 0 radical (unpaired) electrons. The molecule has 178 valence electrons. The molecule has 4 rings (SSSR count). The lowest BCUT2D eigenvalue weighted by atomic mass is 10.0. The Kier molecular flexibility index (Phi) is 7.35. The van der Waals surface area contributed by atoms with E-state index >= 15 is 0 Å². The van der Waals surface area contributed by atoms with Gasteiger partial charge in [0.05, 0.1) is 5.56 Å². The van der Waals surface area contributed by atoms with E-state index in [4.69, 9.17) is 0 Å². The van der Waals surface area contributed by atoms with Gasteiger partial charge in [-0.05, 0) is 42.5 Å². The van der Waals surface area contributed by atoms with Crippen LogP contribution in [0.5, 0.6) is 0 Å². The van der Waals surface area contributed by atoms with E-state index in [0.29, 0.717) is 29.1 Å². The molecule has 2 heterocycles. The lowest BCUT2D eigenvalue weighted by Crippen LogP contribution is -2.37. The maximum Gasteiger partial charge on any atom is 0.251 e. The van der Waals surface area contributed by atoms with E-state index in [2.05, 4.69) is 20.8 Å². The average molecular weight is 464 g/mol. The second-order valence-electron chi connectivity index (χ2n) is 9.10. The van der Waals surface area contributed by atoms with Crippen molar-refractivity contribution in [1.29, 1.82) is 0 Å². The van der Waals surface area contributed by atoms with E-state index in [1.807, 2.05) is 36.6 Å². The van der Waals surface area contributed by atoms with Gasteiger partial charge in [0.15, 0.2) is 5.82 Å². The molecule has 2 N–H and O–H groups in total. The molecule has 34 heavy (non-hydrogen) atoms. The Labute approximate surface area is 198 Å². The van der Waals surface area contributed by atoms with Gasteiger partial charge in [-0.2, -0.15) is 0 Å². The topological polar surface area (TPSA) is 88.9 Å². The van der Waals surface area contributed by atoms with Gasteiger partial charge in [-0.15, -0.1) is 10.2 Å². The molecule has 0 saturated heterocycles. The van der Waals surface area contributed by atoms with Crippen molar-refractivity contribution in [3.8, 4) is 11.4 Å². The molecule has 1 aromatic heterocycles. The van der Waals surface area contributed by atoms with Crippen molar-refractivity contribution >= 4 is 17.5 Å². The molecule has 0 fully saturated rings. The maximum atomic E-state index is 14.8. The van der Waals surface area contributed by atoms with Crippen LogP contribution in [0.25, 0.3) is 11.4 Å². The zero-order chi connectivity index (χ0) is 24.1. The minimum Gasteiger partial charge on any atom is -0.341 e.